The number of rotatable bonds is 5. The Labute approximate surface area is 112 Å². The van der Waals surface area contributed by atoms with Crippen molar-refractivity contribution in [2.75, 3.05) is 32.2 Å². The minimum Gasteiger partial charge on any atom is -0.384 e. The Kier molecular flexibility index (Phi) is 4.35. The number of anilines is 1. The Morgan fingerprint density at radius 2 is 2.42 bits per heavy atom. The summed E-state index contributed by atoms with van der Waals surface area (Å²) in [5, 5.41) is 0. The third-order valence-electron chi connectivity index (χ3n) is 3.21. The molecule has 1 aromatic heterocycles. The van der Waals surface area contributed by atoms with E-state index in [1.165, 1.54) is 22.8 Å². The van der Waals surface area contributed by atoms with Gasteiger partial charge in [0.15, 0.2) is 0 Å². The fourth-order valence-corrected chi connectivity index (χ4v) is 3.86. The summed E-state index contributed by atoms with van der Waals surface area (Å²) in [4.78, 5) is 3.97. The van der Waals surface area contributed by atoms with Crippen molar-refractivity contribution in [1.82, 2.24) is 9.29 Å². The first-order valence-corrected chi connectivity index (χ1v) is 7.43. The molecule has 0 aromatic carbocycles. The van der Waals surface area contributed by atoms with Gasteiger partial charge in [0, 0.05) is 32.6 Å². The highest BCUT2D eigenvalue weighted by Crippen LogP contribution is 2.27. The first-order chi connectivity index (χ1) is 9.09. The maximum atomic E-state index is 12.5. The number of aromatic nitrogens is 1. The number of hydrogen-bond donors (Lipinski definition) is 2. The molecule has 1 aromatic rings. The van der Waals surface area contributed by atoms with Gasteiger partial charge in [0.2, 0.25) is 10.0 Å². The molecule has 2 rings (SSSR count). The van der Waals surface area contributed by atoms with Gasteiger partial charge in [-0.1, -0.05) is 0 Å². The van der Waals surface area contributed by atoms with Crippen molar-refractivity contribution in [1.29, 1.82) is 0 Å². The van der Waals surface area contributed by atoms with Crippen LogP contribution in [0.15, 0.2) is 23.4 Å². The van der Waals surface area contributed by atoms with Crippen LogP contribution in [0.5, 0.6) is 0 Å². The first kappa shape index (κ1) is 14.2. The molecule has 0 amide bonds. The average molecular weight is 286 g/mol. The monoisotopic (exact) mass is 286 g/mol. The highest BCUT2D eigenvalue weighted by atomic mass is 32.2. The van der Waals surface area contributed by atoms with Crippen LogP contribution in [0, 0.1) is 5.92 Å². The zero-order valence-electron chi connectivity index (χ0n) is 10.7. The van der Waals surface area contributed by atoms with Crippen LogP contribution in [0.25, 0.3) is 0 Å². The quantitative estimate of drug-likeness (QED) is 0.585. The van der Waals surface area contributed by atoms with Crippen LogP contribution < -0.4 is 11.3 Å². The second kappa shape index (κ2) is 5.83. The molecule has 1 atom stereocenters. The van der Waals surface area contributed by atoms with Crippen molar-refractivity contribution < 1.29 is 13.2 Å². The van der Waals surface area contributed by atoms with E-state index in [1.807, 2.05) is 0 Å². The summed E-state index contributed by atoms with van der Waals surface area (Å²) in [6, 6.07) is 1.54. The van der Waals surface area contributed by atoms with Gasteiger partial charge >= 0.3 is 0 Å². The summed E-state index contributed by atoms with van der Waals surface area (Å²) >= 11 is 0. The number of sulfonamides is 1. The molecule has 2 heterocycles. The number of ether oxygens (including phenoxy) is 1. The molecule has 1 aliphatic heterocycles. The molecule has 7 nitrogen and oxygen atoms in total. The largest absolute Gasteiger partial charge is 0.384 e. The van der Waals surface area contributed by atoms with Crippen LogP contribution in [-0.4, -0.2) is 44.5 Å². The Morgan fingerprint density at radius 3 is 3.11 bits per heavy atom. The van der Waals surface area contributed by atoms with Crippen LogP contribution in [0.2, 0.25) is 0 Å². The number of nitrogens with one attached hydrogen (secondary N) is 1. The Bertz CT molecular complexity index is 534. The number of pyridine rings is 1. The van der Waals surface area contributed by atoms with Gasteiger partial charge < -0.3 is 10.2 Å². The fraction of sp³-hybridized carbons (Fsp3) is 0.545. The zero-order chi connectivity index (χ0) is 13.9. The number of nitrogen functional groups attached to an aromatic ring is 1. The molecule has 1 fully saturated rings. The van der Waals surface area contributed by atoms with Gasteiger partial charge in [0.1, 0.15) is 4.90 Å². The van der Waals surface area contributed by atoms with E-state index in [0.29, 0.717) is 25.4 Å². The lowest BCUT2D eigenvalue weighted by atomic mass is 10.1. The third-order valence-corrected chi connectivity index (χ3v) is 5.10. The molecular weight excluding hydrogens is 268 g/mol. The summed E-state index contributed by atoms with van der Waals surface area (Å²) in [6.07, 6.45) is 3.61. The van der Waals surface area contributed by atoms with E-state index in [2.05, 4.69) is 10.4 Å². The summed E-state index contributed by atoms with van der Waals surface area (Å²) in [6.45, 7) is 1.53. The molecule has 1 unspecified atom stereocenters. The summed E-state index contributed by atoms with van der Waals surface area (Å²) in [7, 11) is -1.94. The maximum absolute atomic E-state index is 12.5. The molecule has 8 heteroatoms. The van der Waals surface area contributed by atoms with Crippen molar-refractivity contribution >= 4 is 15.7 Å². The SMILES string of the molecule is COCC1CCN(S(=O)(=O)c2cnccc2NN)C1. The minimum absolute atomic E-state index is 0.107. The smallest absolute Gasteiger partial charge is 0.246 e. The molecule has 3 N–H and O–H groups in total. The van der Waals surface area contributed by atoms with E-state index in [-0.39, 0.29) is 10.8 Å². The second-order valence-electron chi connectivity index (χ2n) is 4.49. The predicted octanol–water partition coefficient (Wildman–Crippen LogP) is 0.0242. The van der Waals surface area contributed by atoms with Crippen molar-refractivity contribution in [3.63, 3.8) is 0 Å². The van der Waals surface area contributed by atoms with Crippen LogP contribution in [0.1, 0.15) is 6.42 Å². The third kappa shape index (κ3) is 2.86. The highest BCUT2D eigenvalue weighted by molar-refractivity contribution is 7.89. The lowest BCUT2D eigenvalue weighted by Crippen LogP contribution is -2.30. The van der Waals surface area contributed by atoms with E-state index in [0.717, 1.165) is 6.42 Å². The number of hydrogen-bond acceptors (Lipinski definition) is 6. The van der Waals surface area contributed by atoms with E-state index >= 15 is 0 Å². The second-order valence-corrected chi connectivity index (χ2v) is 6.40. The Morgan fingerprint density at radius 1 is 1.63 bits per heavy atom. The van der Waals surface area contributed by atoms with E-state index in [4.69, 9.17) is 10.6 Å². The van der Waals surface area contributed by atoms with Gasteiger partial charge in [-0.3, -0.25) is 10.8 Å². The average Bonchev–Trinajstić information content (AvgIpc) is 2.88. The van der Waals surface area contributed by atoms with Gasteiger partial charge in [-0.05, 0) is 18.4 Å². The molecule has 0 aliphatic carbocycles. The Hall–Kier alpha value is -1.22. The topological polar surface area (TPSA) is 97.5 Å². The van der Waals surface area contributed by atoms with Gasteiger partial charge in [-0.2, -0.15) is 4.31 Å². The number of nitrogens with zero attached hydrogens (tertiary/aromatic N) is 2. The molecule has 0 saturated carbocycles. The molecule has 0 spiro atoms. The maximum Gasteiger partial charge on any atom is 0.246 e. The molecular formula is C11H18N4O3S. The molecule has 1 saturated heterocycles. The lowest BCUT2D eigenvalue weighted by molar-refractivity contribution is 0.157. The normalized spacial score (nSPS) is 20.6. The first-order valence-electron chi connectivity index (χ1n) is 5.99. The molecule has 106 valence electrons. The van der Waals surface area contributed by atoms with E-state index in [1.54, 1.807) is 7.11 Å². The van der Waals surface area contributed by atoms with Gasteiger partial charge in [-0.15, -0.1) is 0 Å². The summed E-state index contributed by atoms with van der Waals surface area (Å²) in [5.41, 5.74) is 2.74. The van der Waals surface area contributed by atoms with Crippen molar-refractivity contribution in [2.45, 2.75) is 11.3 Å². The van der Waals surface area contributed by atoms with Crippen molar-refractivity contribution in [3.05, 3.63) is 18.5 Å². The van der Waals surface area contributed by atoms with Gasteiger partial charge in [0.05, 0.1) is 12.3 Å². The predicted molar refractivity (Wildman–Crippen MR) is 70.8 cm³/mol. The van der Waals surface area contributed by atoms with E-state index < -0.39 is 10.0 Å². The van der Waals surface area contributed by atoms with Crippen LogP contribution in [0.4, 0.5) is 5.69 Å². The molecule has 1 aliphatic rings. The number of hydrazine groups is 1. The summed E-state index contributed by atoms with van der Waals surface area (Å²) in [5.74, 6) is 5.58. The van der Waals surface area contributed by atoms with Crippen molar-refractivity contribution in [3.8, 4) is 0 Å². The van der Waals surface area contributed by atoms with Crippen LogP contribution >= 0.6 is 0 Å². The zero-order valence-corrected chi connectivity index (χ0v) is 11.6. The standard InChI is InChI=1S/C11H18N4O3S/c1-18-8-9-3-5-15(7-9)19(16,17)11-6-13-4-2-10(11)14-12/h2,4,6,9H,3,5,7-8,12H2,1H3,(H,13,14). The molecule has 0 bridgehead atoms. The minimum atomic E-state index is -3.56. The number of nitrogens with two attached hydrogens (primary N) is 1. The summed E-state index contributed by atoms with van der Waals surface area (Å²) < 4.78 is 31.6. The lowest BCUT2D eigenvalue weighted by Gasteiger charge is -2.18. The van der Waals surface area contributed by atoms with E-state index in [9.17, 15) is 8.42 Å². The molecule has 19 heavy (non-hydrogen) atoms. The number of methoxy groups -OCH3 is 1. The van der Waals surface area contributed by atoms with Crippen molar-refractivity contribution in [2.24, 2.45) is 11.8 Å². The molecule has 0 radical (unpaired) electrons. The van der Waals surface area contributed by atoms with Gasteiger partial charge in [0.25, 0.3) is 0 Å². The Balaban J connectivity index is 2.24. The van der Waals surface area contributed by atoms with Crippen LogP contribution in [0.3, 0.4) is 0 Å². The van der Waals surface area contributed by atoms with Gasteiger partial charge in [-0.25, -0.2) is 8.42 Å². The fourth-order valence-electron chi connectivity index (χ4n) is 2.23. The van der Waals surface area contributed by atoms with Crippen LogP contribution in [-0.2, 0) is 14.8 Å². The highest BCUT2D eigenvalue weighted by Gasteiger charge is 2.33.